The van der Waals surface area contributed by atoms with Gasteiger partial charge >= 0.3 is 11.8 Å². The zero-order chi connectivity index (χ0) is 17.4. The SMILES string of the molecule is CNC(=O)C(=O)N/N=C\c1ccccc1OCc1cccc(F)c1. The molecule has 0 radical (unpaired) electrons. The van der Waals surface area contributed by atoms with Gasteiger partial charge in [0.2, 0.25) is 0 Å². The Morgan fingerprint density at radius 3 is 2.71 bits per heavy atom. The maximum absolute atomic E-state index is 13.2. The number of carbonyl (C=O) groups is 2. The van der Waals surface area contributed by atoms with Crippen molar-refractivity contribution in [3.63, 3.8) is 0 Å². The number of nitrogens with zero attached hydrogens (tertiary/aromatic N) is 1. The van der Waals surface area contributed by atoms with Gasteiger partial charge in [-0.25, -0.2) is 9.82 Å². The molecule has 0 fully saturated rings. The third kappa shape index (κ3) is 4.91. The van der Waals surface area contributed by atoms with Crippen molar-refractivity contribution in [2.24, 2.45) is 5.10 Å². The highest BCUT2D eigenvalue weighted by atomic mass is 19.1. The summed E-state index contributed by atoms with van der Waals surface area (Å²) in [4.78, 5) is 22.3. The lowest BCUT2D eigenvalue weighted by molar-refractivity contribution is -0.138. The summed E-state index contributed by atoms with van der Waals surface area (Å²) in [5.41, 5.74) is 3.40. The molecular formula is C17H16FN3O3. The fraction of sp³-hybridized carbons (Fsp3) is 0.118. The molecule has 0 saturated heterocycles. The Labute approximate surface area is 138 Å². The lowest BCUT2D eigenvalue weighted by Gasteiger charge is -2.09. The number of rotatable bonds is 5. The molecule has 2 N–H and O–H groups in total. The smallest absolute Gasteiger partial charge is 0.329 e. The monoisotopic (exact) mass is 329 g/mol. The number of ether oxygens (including phenoxy) is 1. The highest BCUT2D eigenvalue weighted by molar-refractivity contribution is 6.34. The van der Waals surface area contributed by atoms with Crippen molar-refractivity contribution in [2.45, 2.75) is 6.61 Å². The molecule has 24 heavy (non-hydrogen) atoms. The van der Waals surface area contributed by atoms with Gasteiger partial charge in [0, 0.05) is 12.6 Å². The number of carbonyl (C=O) groups excluding carboxylic acids is 2. The first kappa shape index (κ1) is 17.1. The third-order valence-corrected chi connectivity index (χ3v) is 3.01. The molecular weight excluding hydrogens is 313 g/mol. The maximum atomic E-state index is 13.2. The number of amides is 2. The van der Waals surface area contributed by atoms with Gasteiger partial charge in [0.05, 0.1) is 6.21 Å². The van der Waals surface area contributed by atoms with Crippen molar-refractivity contribution in [3.8, 4) is 5.75 Å². The zero-order valence-electron chi connectivity index (χ0n) is 13.0. The van der Waals surface area contributed by atoms with E-state index in [2.05, 4.69) is 15.8 Å². The highest BCUT2D eigenvalue weighted by Crippen LogP contribution is 2.17. The molecule has 0 aromatic heterocycles. The lowest BCUT2D eigenvalue weighted by atomic mass is 10.2. The van der Waals surface area contributed by atoms with E-state index in [1.54, 1.807) is 36.4 Å². The Hall–Kier alpha value is -3.22. The number of hydrazone groups is 1. The van der Waals surface area contributed by atoms with Crippen LogP contribution in [0.1, 0.15) is 11.1 Å². The average Bonchev–Trinajstić information content (AvgIpc) is 2.60. The lowest BCUT2D eigenvalue weighted by Crippen LogP contribution is -2.35. The fourth-order valence-corrected chi connectivity index (χ4v) is 1.83. The highest BCUT2D eigenvalue weighted by Gasteiger charge is 2.09. The fourth-order valence-electron chi connectivity index (χ4n) is 1.83. The van der Waals surface area contributed by atoms with E-state index >= 15 is 0 Å². The molecule has 0 bridgehead atoms. The molecule has 2 aromatic rings. The molecule has 2 amide bonds. The van der Waals surface area contributed by atoms with Crippen LogP contribution in [0, 0.1) is 5.82 Å². The number of halogens is 1. The number of likely N-dealkylation sites (N-methyl/N-ethyl adjacent to an activating group) is 1. The largest absolute Gasteiger partial charge is 0.488 e. The molecule has 0 aliphatic rings. The van der Waals surface area contributed by atoms with Crippen LogP contribution in [0.15, 0.2) is 53.6 Å². The molecule has 0 spiro atoms. The van der Waals surface area contributed by atoms with E-state index in [1.165, 1.54) is 25.4 Å². The second-order valence-electron chi connectivity index (χ2n) is 4.73. The minimum atomic E-state index is -0.869. The molecule has 0 saturated carbocycles. The molecule has 0 aliphatic heterocycles. The predicted octanol–water partition coefficient (Wildman–Crippen LogP) is 1.60. The van der Waals surface area contributed by atoms with Crippen LogP contribution in [-0.4, -0.2) is 25.1 Å². The number of nitrogens with one attached hydrogen (secondary N) is 2. The van der Waals surface area contributed by atoms with Crippen LogP contribution in [0.25, 0.3) is 0 Å². The number of benzene rings is 2. The summed E-state index contributed by atoms with van der Waals surface area (Å²) >= 11 is 0. The van der Waals surface area contributed by atoms with Crippen LogP contribution >= 0.6 is 0 Å². The van der Waals surface area contributed by atoms with Gasteiger partial charge in [-0.3, -0.25) is 9.59 Å². The van der Waals surface area contributed by atoms with Crippen molar-refractivity contribution < 1.29 is 18.7 Å². The van der Waals surface area contributed by atoms with E-state index in [4.69, 9.17) is 4.74 Å². The van der Waals surface area contributed by atoms with Gasteiger partial charge in [-0.1, -0.05) is 24.3 Å². The maximum Gasteiger partial charge on any atom is 0.329 e. The molecule has 0 aliphatic carbocycles. The third-order valence-electron chi connectivity index (χ3n) is 3.01. The molecule has 2 rings (SSSR count). The van der Waals surface area contributed by atoms with E-state index < -0.39 is 11.8 Å². The Morgan fingerprint density at radius 2 is 1.96 bits per heavy atom. The van der Waals surface area contributed by atoms with Gasteiger partial charge in [-0.05, 0) is 29.8 Å². The molecule has 2 aromatic carbocycles. The van der Waals surface area contributed by atoms with Crippen LogP contribution in [0.4, 0.5) is 4.39 Å². The van der Waals surface area contributed by atoms with Crippen LogP contribution in [-0.2, 0) is 16.2 Å². The van der Waals surface area contributed by atoms with Crippen LogP contribution in [0.5, 0.6) is 5.75 Å². The molecule has 124 valence electrons. The Bertz CT molecular complexity index is 762. The number of para-hydroxylation sites is 1. The van der Waals surface area contributed by atoms with Crippen molar-refractivity contribution in [3.05, 3.63) is 65.5 Å². The molecule has 0 atom stereocenters. The minimum absolute atomic E-state index is 0.188. The van der Waals surface area contributed by atoms with Crippen LogP contribution in [0.3, 0.4) is 0 Å². The zero-order valence-corrected chi connectivity index (χ0v) is 13.0. The minimum Gasteiger partial charge on any atom is -0.488 e. The topological polar surface area (TPSA) is 79.8 Å². The van der Waals surface area contributed by atoms with Crippen molar-refractivity contribution >= 4 is 18.0 Å². The standard InChI is InChI=1S/C17H16FN3O3/c1-19-16(22)17(23)21-20-10-13-6-2-3-8-15(13)24-11-12-5-4-7-14(18)9-12/h2-10H,11H2,1H3,(H,19,22)(H,21,23)/b20-10-. The molecule has 6 nitrogen and oxygen atoms in total. The predicted molar refractivity (Wildman–Crippen MR) is 87.0 cm³/mol. The first-order valence-electron chi connectivity index (χ1n) is 7.11. The van der Waals surface area contributed by atoms with Gasteiger partial charge < -0.3 is 10.1 Å². The van der Waals surface area contributed by atoms with Gasteiger partial charge in [-0.2, -0.15) is 5.10 Å². The molecule has 0 unspecified atom stereocenters. The van der Waals surface area contributed by atoms with E-state index in [9.17, 15) is 14.0 Å². The van der Waals surface area contributed by atoms with Gasteiger partial charge in [0.25, 0.3) is 0 Å². The second-order valence-corrected chi connectivity index (χ2v) is 4.73. The van der Waals surface area contributed by atoms with E-state index in [0.29, 0.717) is 16.9 Å². The second kappa shape index (κ2) is 8.42. The normalized spacial score (nSPS) is 10.4. The first-order chi connectivity index (χ1) is 11.6. The Balaban J connectivity index is 2.02. The molecule has 0 heterocycles. The summed E-state index contributed by atoms with van der Waals surface area (Å²) in [7, 11) is 1.35. The van der Waals surface area contributed by atoms with Crippen molar-refractivity contribution in [1.29, 1.82) is 0 Å². The van der Waals surface area contributed by atoms with Crippen molar-refractivity contribution in [2.75, 3.05) is 7.05 Å². The van der Waals surface area contributed by atoms with E-state index in [-0.39, 0.29) is 12.4 Å². The van der Waals surface area contributed by atoms with Crippen LogP contribution < -0.4 is 15.5 Å². The van der Waals surface area contributed by atoms with Crippen molar-refractivity contribution in [1.82, 2.24) is 10.7 Å². The first-order valence-corrected chi connectivity index (χ1v) is 7.11. The summed E-state index contributed by atoms with van der Waals surface area (Å²) < 4.78 is 18.8. The molecule has 7 heteroatoms. The Kier molecular flexibility index (Phi) is 6.01. The summed E-state index contributed by atoms with van der Waals surface area (Å²) in [5, 5.41) is 5.90. The van der Waals surface area contributed by atoms with E-state index in [1.807, 2.05) is 0 Å². The van der Waals surface area contributed by atoms with Gasteiger partial charge in [0.1, 0.15) is 18.2 Å². The average molecular weight is 329 g/mol. The van der Waals surface area contributed by atoms with Gasteiger partial charge in [0.15, 0.2) is 0 Å². The summed E-state index contributed by atoms with van der Waals surface area (Å²) in [6.07, 6.45) is 1.36. The van der Waals surface area contributed by atoms with Crippen LogP contribution in [0.2, 0.25) is 0 Å². The number of hydrogen-bond acceptors (Lipinski definition) is 4. The summed E-state index contributed by atoms with van der Waals surface area (Å²) in [6, 6.07) is 13.1. The van der Waals surface area contributed by atoms with E-state index in [0.717, 1.165) is 0 Å². The van der Waals surface area contributed by atoms with Gasteiger partial charge in [-0.15, -0.1) is 0 Å². The summed E-state index contributed by atoms with van der Waals surface area (Å²) in [5.74, 6) is -1.47. The quantitative estimate of drug-likeness (QED) is 0.497. The number of hydrogen-bond donors (Lipinski definition) is 2. The Morgan fingerprint density at radius 1 is 1.17 bits per heavy atom. The summed E-state index contributed by atoms with van der Waals surface area (Å²) in [6.45, 7) is 0.188.